The monoisotopic (exact) mass is 610 g/mol. The van der Waals surface area contributed by atoms with Crippen molar-refractivity contribution < 1.29 is 21.8 Å². The molecule has 0 saturated heterocycles. The third kappa shape index (κ3) is 8.10. The molecule has 0 unspecified atom stereocenters. The summed E-state index contributed by atoms with van der Waals surface area (Å²) in [5.41, 5.74) is 0. The van der Waals surface area contributed by atoms with Gasteiger partial charge in [-0.1, -0.05) is 11.3 Å². The van der Waals surface area contributed by atoms with Crippen LogP contribution in [-0.2, 0) is 19.7 Å². The molecule has 37 heavy (non-hydrogen) atoms. The van der Waals surface area contributed by atoms with Gasteiger partial charge in [-0.15, -0.1) is 23.1 Å². The minimum Gasteiger partial charge on any atom is -0.258 e. The Bertz CT molecular complexity index is 1680. The van der Waals surface area contributed by atoms with Crippen LogP contribution in [0.4, 0.5) is 5.00 Å². The number of nitro groups is 1. The Hall–Kier alpha value is -3.30. The quantitative estimate of drug-likeness (QED) is 0.140. The van der Waals surface area contributed by atoms with Gasteiger partial charge in [0, 0.05) is 21.2 Å². The van der Waals surface area contributed by atoms with Crippen molar-refractivity contribution in [2.75, 3.05) is 12.0 Å². The zero-order valence-electron chi connectivity index (χ0n) is 18.6. The molecular formula is C21H14N4O6S6. The molecule has 0 aliphatic carbocycles. The van der Waals surface area contributed by atoms with Gasteiger partial charge in [0.25, 0.3) is 0 Å². The van der Waals surface area contributed by atoms with Crippen LogP contribution >= 0.6 is 45.8 Å². The van der Waals surface area contributed by atoms with Crippen molar-refractivity contribution in [3.05, 3.63) is 70.8 Å². The molecule has 0 bridgehead atoms. The first-order valence-electron chi connectivity index (χ1n) is 9.47. The molecule has 3 heterocycles. The third-order valence-electron chi connectivity index (χ3n) is 4.05. The van der Waals surface area contributed by atoms with E-state index in [9.17, 15) is 26.9 Å². The van der Waals surface area contributed by atoms with Gasteiger partial charge in [-0.2, -0.15) is 27.1 Å². The molecule has 0 saturated carbocycles. The lowest BCUT2D eigenvalue weighted by atomic mass is 10.4. The number of thiophene rings is 3. The summed E-state index contributed by atoms with van der Waals surface area (Å²) in [7, 11) is -7.65. The summed E-state index contributed by atoms with van der Waals surface area (Å²) in [4.78, 5) is 10.2. The van der Waals surface area contributed by atoms with E-state index in [2.05, 4.69) is 0 Å². The van der Waals surface area contributed by atoms with E-state index in [1.165, 1.54) is 64.5 Å². The molecule has 0 aliphatic heterocycles. The summed E-state index contributed by atoms with van der Waals surface area (Å²) < 4.78 is 48.4. The van der Waals surface area contributed by atoms with Crippen molar-refractivity contribution >= 4 is 82.6 Å². The fraction of sp³-hybridized carbons (Fsp3) is 0.0952. The maximum Gasteiger partial charge on any atom is 0.324 e. The van der Waals surface area contributed by atoms with Crippen molar-refractivity contribution in [3.63, 3.8) is 0 Å². The summed E-state index contributed by atoms with van der Waals surface area (Å²) in [5.74, 6) is -0.806. The lowest BCUT2D eigenvalue weighted by molar-refractivity contribution is -0.380. The van der Waals surface area contributed by atoms with Crippen LogP contribution in [0.1, 0.15) is 9.75 Å². The highest BCUT2D eigenvalue weighted by molar-refractivity contribution is 8.00. The van der Waals surface area contributed by atoms with Gasteiger partial charge in [0.15, 0.2) is 4.91 Å². The van der Waals surface area contributed by atoms with Gasteiger partial charge in [-0.3, -0.25) is 10.1 Å². The summed E-state index contributed by atoms with van der Waals surface area (Å²) in [6.07, 6.45) is 4.40. The minimum atomic E-state index is -3.96. The molecule has 16 heteroatoms. The van der Waals surface area contributed by atoms with Gasteiger partial charge in [0.1, 0.15) is 22.8 Å². The number of rotatable bonds is 8. The number of thioether (sulfide) groups is 1. The van der Waals surface area contributed by atoms with E-state index >= 15 is 0 Å². The number of nitriles is 3. The van der Waals surface area contributed by atoms with E-state index in [-0.39, 0.29) is 19.7 Å². The van der Waals surface area contributed by atoms with Crippen LogP contribution in [-0.4, -0.2) is 33.8 Å². The molecule has 0 spiro atoms. The maximum absolute atomic E-state index is 12.2. The van der Waals surface area contributed by atoms with Crippen molar-refractivity contribution in [1.29, 1.82) is 15.8 Å². The zero-order chi connectivity index (χ0) is 27.6. The highest BCUT2D eigenvalue weighted by atomic mass is 32.2. The molecule has 0 radical (unpaired) electrons. The Morgan fingerprint density at radius 3 is 2.11 bits per heavy atom. The normalized spacial score (nSPS) is 11.9. The highest BCUT2D eigenvalue weighted by Crippen LogP contribution is 2.29. The predicted molar refractivity (Wildman–Crippen MR) is 145 cm³/mol. The highest BCUT2D eigenvalue weighted by Gasteiger charge is 2.21. The van der Waals surface area contributed by atoms with E-state index in [1.807, 2.05) is 18.4 Å². The number of sulfone groups is 2. The summed E-state index contributed by atoms with van der Waals surface area (Å²) >= 11 is 5.09. The Morgan fingerprint density at radius 2 is 1.62 bits per heavy atom. The predicted octanol–water partition coefficient (Wildman–Crippen LogP) is 5.33. The number of nitrogens with zero attached hydrogens (tertiary/aromatic N) is 4. The van der Waals surface area contributed by atoms with E-state index in [4.69, 9.17) is 15.8 Å². The fourth-order valence-corrected chi connectivity index (χ4v) is 7.73. The second-order valence-corrected chi connectivity index (χ2v) is 14.4. The van der Waals surface area contributed by atoms with Crippen molar-refractivity contribution in [2.45, 2.75) is 9.10 Å². The molecule has 0 atom stereocenters. The van der Waals surface area contributed by atoms with E-state index in [1.54, 1.807) is 23.2 Å². The van der Waals surface area contributed by atoms with Gasteiger partial charge in [-0.05, 0) is 48.1 Å². The smallest absolute Gasteiger partial charge is 0.258 e. The van der Waals surface area contributed by atoms with Crippen LogP contribution in [0.2, 0.25) is 0 Å². The summed E-state index contributed by atoms with van der Waals surface area (Å²) in [5, 5.41) is 39.6. The molecule has 0 aromatic carbocycles. The van der Waals surface area contributed by atoms with Gasteiger partial charge < -0.3 is 0 Å². The van der Waals surface area contributed by atoms with Crippen LogP contribution in [0, 0.1) is 44.1 Å². The van der Waals surface area contributed by atoms with Crippen LogP contribution in [0.5, 0.6) is 0 Å². The molecule has 3 rings (SSSR count). The van der Waals surface area contributed by atoms with Gasteiger partial charge in [0.05, 0.1) is 20.1 Å². The molecule has 190 valence electrons. The van der Waals surface area contributed by atoms with Gasteiger partial charge in [-0.25, -0.2) is 16.8 Å². The average molecular weight is 611 g/mol. The van der Waals surface area contributed by atoms with Crippen molar-refractivity contribution in [3.8, 4) is 18.2 Å². The Labute approximate surface area is 229 Å². The SMILES string of the molecule is CSc1ccc(/C=C(\C#N)S(=O)(=O)c2ccsc2)s1.N#CCS(=O)(=O)/C(C#N)=C/c1ccc([N+](=O)[O-])s1. The van der Waals surface area contributed by atoms with Crippen LogP contribution in [0.3, 0.4) is 0 Å². The molecule has 3 aromatic rings. The second kappa shape index (κ2) is 13.3. The molecule has 3 aromatic heterocycles. The van der Waals surface area contributed by atoms with E-state index in [0.717, 1.165) is 26.5 Å². The Balaban J connectivity index is 0.000000261. The Kier molecular flexibility index (Phi) is 10.8. The van der Waals surface area contributed by atoms with Gasteiger partial charge >= 0.3 is 5.00 Å². The number of hydrogen-bond donors (Lipinski definition) is 0. The van der Waals surface area contributed by atoms with E-state index < -0.39 is 35.3 Å². The fourth-order valence-electron chi connectivity index (χ4n) is 2.35. The second-order valence-electron chi connectivity index (χ2n) is 6.41. The minimum absolute atomic E-state index is 0.156. The topological polar surface area (TPSA) is 183 Å². The first-order chi connectivity index (χ1) is 17.5. The van der Waals surface area contributed by atoms with Crippen LogP contribution < -0.4 is 0 Å². The Morgan fingerprint density at radius 1 is 1.00 bits per heavy atom. The maximum atomic E-state index is 12.2. The van der Waals surface area contributed by atoms with Crippen LogP contribution in [0.15, 0.2) is 60.0 Å². The van der Waals surface area contributed by atoms with Gasteiger partial charge in [0.2, 0.25) is 19.7 Å². The third-order valence-corrected chi connectivity index (χ3v) is 11.0. The number of hydrogen-bond acceptors (Lipinski definition) is 13. The lowest BCUT2D eigenvalue weighted by Gasteiger charge is -1.98. The molecule has 0 fully saturated rings. The van der Waals surface area contributed by atoms with Crippen LogP contribution in [0.25, 0.3) is 12.2 Å². The standard InChI is InChI=1S/C12H9NO2S4.C9H5N3O4S2/c1-16-12-3-2-9(18-12)6-11(7-13)19(14,15)10-4-5-17-8-10;10-3-4-18(15,16)8(6-11)5-7-1-2-9(17-7)12(13)14/h2-6,8H,1H3;1-2,5H,4H2/b11-6+;8-5+. The largest absolute Gasteiger partial charge is 0.324 e. The summed E-state index contributed by atoms with van der Waals surface area (Å²) in [6.45, 7) is 0. The molecular weight excluding hydrogens is 597 g/mol. The molecule has 0 N–H and O–H groups in total. The van der Waals surface area contributed by atoms with Crippen molar-refractivity contribution in [1.82, 2.24) is 0 Å². The first kappa shape index (κ1) is 29.9. The van der Waals surface area contributed by atoms with Crippen molar-refractivity contribution in [2.24, 2.45) is 0 Å². The lowest BCUT2D eigenvalue weighted by Crippen LogP contribution is -2.06. The molecule has 10 nitrogen and oxygen atoms in total. The molecule has 0 amide bonds. The zero-order valence-corrected chi connectivity index (χ0v) is 23.5. The molecule has 0 aliphatic rings. The average Bonchev–Trinajstić information content (AvgIpc) is 3.63. The summed E-state index contributed by atoms with van der Waals surface area (Å²) in [6, 6.07) is 12.5. The first-order valence-corrected chi connectivity index (χ1v) is 16.4. The number of allylic oxidation sites excluding steroid dienone is 2. The van der Waals surface area contributed by atoms with E-state index in [0.29, 0.717) is 0 Å².